The van der Waals surface area contributed by atoms with Crippen LogP contribution < -0.4 is 0 Å². The second-order valence-corrected chi connectivity index (χ2v) is 5.50. The fourth-order valence-corrected chi connectivity index (χ4v) is 1.97. The van der Waals surface area contributed by atoms with E-state index >= 15 is 0 Å². The number of benzene rings is 1. The summed E-state index contributed by atoms with van der Waals surface area (Å²) >= 11 is 1.50. The first-order chi connectivity index (χ1) is 6.89. The van der Waals surface area contributed by atoms with Gasteiger partial charge in [-0.2, -0.15) is 0 Å². The molecule has 0 spiro atoms. The monoisotopic (exact) mass is 224 g/mol. The van der Waals surface area contributed by atoms with Gasteiger partial charge in [0.25, 0.3) is 0 Å². The summed E-state index contributed by atoms with van der Waals surface area (Å²) in [5.41, 5.74) is -0.274. The maximum atomic E-state index is 11.6. The molecule has 0 heterocycles. The smallest absolute Gasteiger partial charge is 0.148 e. The average molecular weight is 224 g/mol. The zero-order valence-corrected chi connectivity index (χ0v) is 10.1. The lowest BCUT2D eigenvalue weighted by molar-refractivity contribution is -0.123. The van der Waals surface area contributed by atoms with E-state index < -0.39 is 0 Å². The number of carbonyl (C=O) groups excluding carboxylic acids is 1. The van der Waals surface area contributed by atoms with Gasteiger partial charge in [-0.15, -0.1) is 11.8 Å². The van der Waals surface area contributed by atoms with Crippen molar-refractivity contribution in [1.82, 2.24) is 0 Å². The van der Waals surface area contributed by atoms with E-state index in [1.54, 1.807) is 12.1 Å². The molecule has 15 heavy (non-hydrogen) atoms. The van der Waals surface area contributed by atoms with E-state index in [9.17, 15) is 4.79 Å². The summed E-state index contributed by atoms with van der Waals surface area (Å²) in [6.45, 7) is 5.77. The number of rotatable bonds is 3. The van der Waals surface area contributed by atoms with Crippen molar-refractivity contribution in [2.24, 2.45) is 5.41 Å². The van der Waals surface area contributed by atoms with Crippen LogP contribution in [-0.2, 0) is 4.79 Å². The van der Waals surface area contributed by atoms with Gasteiger partial charge in [0.05, 0.1) is 5.75 Å². The van der Waals surface area contributed by atoms with Gasteiger partial charge in [-0.05, 0) is 24.3 Å². The zero-order valence-electron chi connectivity index (χ0n) is 9.28. The van der Waals surface area contributed by atoms with Crippen LogP contribution in [0.1, 0.15) is 20.8 Å². The standard InChI is InChI=1S/C12H16O2S/c1-12(2,3)11(14)8-15-10-6-4-9(13)5-7-10/h4-7,13H,8H2,1-3H3. The number of hydrogen-bond donors (Lipinski definition) is 1. The van der Waals surface area contributed by atoms with Crippen molar-refractivity contribution in [3.8, 4) is 5.75 Å². The number of aromatic hydroxyl groups is 1. The highest BCUT2D eigenvalue weighted by Gasteiger charge is 2.20. The van der Waals surface area contributed by atoms with Crippen molar-refractivity contribution < 1.29 is 9.90 Å². The fraction of sp³-hybridized carbons (Fsp3) is 0.417. The minimum Gasteiger partial charge on any atom is -0.508 e. The Hall–Kier alpha value is -0.960. The molecule has 0 amide bonds. The van der Waals surface area contributed by atoms with Crippen molar-refractivity contribution in [3.05, 3.63) is 24.3 Å². The first-order valence-electron chi connectivity index (χ1n) is 4.85. The third-order valence-electron chi connectivity index (χ3n) is 2.04. The second-order valence-electron chi connectivity index (χ2n) is 4.46. The summed E-state index contributed by atoms with van der Waals surface area (Å²) in [5.74, 6) is 0.968. The average Bonchev–Trinajstić information content (AvgIpc) is 2.15. The van der Waals surface area contributed by atoms with Crippen molar-refractivity contribution in [2.75, 3.05) is 5.75 Å². The first-order valence-corrected chi connectivity index (χ1v) is 5.83. The van der Waals surface area contributed by atoms with E-state index in [1.165, 1.54) is 11.8 Å². The van der Waals surface area contributed by atoms with Crippen LogP contribution >= 0.6 is 11.8 Å². The molecule has 0 saturated heterocycles. The largest absolute Gasteiger partial charge is 0.508 e. The van der Waals surface area contributed by atoms with Gasteiger partial charge >= 0.3 is 0 Å². The van der Waals surface area contributed by atoms with E-state index in [0.29, 0.717) is 5.75 Å². The number of phenolic OH excluding ortho intramolecular Hbond substituents is 1. The number of phenols is 1. The van der Waals surface area contributed by atoms with Crippen LogP contribution in [0.4, 0.5) is 0 Å². The molecule has 0 atom stereocenters. The molecule has 0 aliphatic rings. The molecule has 0 saturated carbocycles. The molecule has 0 aliphatic heterocycles. The van der Waals surface area contributed by atoms with Gasteiger partial charge in [0.15, 0.2) is 0 Å². The lowest BCUT2D eigenvalue weighted by atomic mass is 9.92. The number of thioether (sulfide) groups is 1. The first kappa shape index (κ1) is 12.1. The van der Waals surface area contributed by atoms with Gasteiger partial charge in [-0.3, -0.25) is 4.79 Å². The highest BCUT2D eigenvalue weighted by molar-refractivity contribution is 8.00. The normalized spacial score (nSPS) is 11.4. The fourth-order valence-electron chi connectivity index (χ4n) is 0.908. The molecular weight excluding hydrogens is 208 g/mol. The zero-order chi connectivity index (χ0) is 11.5. The van der Waals surface area contributed by atoms with Gasteiger partial charge < -0.3 is 5.11 Å². The minimum absolute atomic E-state index is 0.237. The number of hydrogen-bond acceptors (Lipinski definition) is 3. The predicted octanol–water partition coefficient (Wildman–Crippen LogP) is 3.10. The maximum absolute atomic E-state index is 11.6. The van der Waals surface area contributed by atoms with Gasteiger partial charge in [0, 0.05) is 10.3 Å². The van der Waals surface area contributed by atoms with Crippen LogP contribution in [0.25, 0.3) is 0 Å². The predicted molar refractivity (Wildman–Crippen MR) is 63.3 cm³/mol. The molecule has 1 rings (SSSR count). The van der Waals surface area contributed by atoms with E-state index in [4.69, 9.17) is 5.11 Å². The van der Waals surface area contributed by atoms with Crippen molar-refractivity contribution in [3.63, 3.8) is 0 Å². The number of Topliss-reactive ketones (excluding diaryl/α,β-unsaturated/α-hetero) is 1. The molecule has 0 unspecified atom stereocenters. The van der Waals surface area contributed by atoms with Crippen LogP contribution in [0.5, 0.6) is 5.75 Å². The molecule has 0 aliphatic carbocycles. The Labute approximate surface area is 94.7 Å². The van der Waals surface area contributed by atoms with Crippen molar-refractivity contribution in [1.29, 1.82) is 0 Å². The number of carbonyl (C=O) groups is 1. The van der Waals surface area contributed by atoms with E-state index in [1.807, 2.05) is 32.9 Å². The SMILES string of the molecule is CC(C)(C)C(=O)CSc1ccc(O)cc1. The Morgan fingerprint density at radius 1 is 1.27 bits per heavy atom. The van der Waals surface area contributed by atoms with Crippen LogP contribution in [-0.4, -0.2) is 16.6 Å². The van der Waals surface area contributed by atoms with Crippen molar-refractivity contribution >= 4 is 17.5 Å². The van der Waals surface area contributed by atoms with Gasteiger partial charge in [0.1, 0.15) is 11.5 Å². The lowest BCUT2D eigenvalue weighted by Crippen LogP contribution is -2.21. The van der Waals surface area contributed by atoms with Gasteiger partial charge in [0.2, 0.25) is 0 Å². The molecule has 2 nitrogen and oxygen atoms in total. The van der Waals surface area contributed by atoms with Crippen LogP contribution in [0.2, 0.25) is 0 Å². The molecule has 1 N–H and O–H groups in total. The Morgan fingerprint density at radius 3 is 2.27 bits per heavy atom. The minimum atomic E-state index is -0.274. The molecule has 1 aromatic carbocycles. The summed E-state index contributed by atoms with van der Waals surface area (Å²) in [4.78, 5) is 12.6. The molecule has 0 radical (unpaired) electrons. The molecule has 0 bridgehead atoms. The molecule has 0 fully saturated rings. The van der Waals surface area contributed by atoms with Gasteiger partial charge in [-0.1, -0.05) is 20.8 Å². The van der Waals surface area contributed by atoms with E-state index in [2.05, 4.69) is 0 Å². The molecule has 3 heteroatoms. The van der Waals surface area contributed by atoms with E-state index in [0.717, 1.165) is 4.90 Å². The molecule has 0 aromatic heterocycles. The Bertz CT molecular complexity index is 336. The summed E-state index contributed by atoms with van der Waals surface area (Å²) in [6, 6.07) is 6.89. The summed E-state index contributed by atoms with van der Waals surface area (Å²) in [7, 11) is 0. The lowest BCUT2D eigenvalue weighted by Gasteiger charge is -2.15. The van der Waals surface area contributed by atoms with Gasteiger partial charge in [-0.25, -0.2) is 0 Å². The highest BCUT2D eigenvalue weighted by Crippen LogP contribution is 2.24. The quantitative estimate of drug-likeness (QED) is 0.802. The third kappa shape index (κ3) is 3.96. The topological polar surface area (TPSA) is 37.3 Å². The maximum Gasteiger partial charge on any atom is 0.148 e. The highest BCUT2D eigenvalue weighted by atomic mass is 32.2. The summed E-state index contributed by atoms with van der Waals surface area (Å²) in [5, 5.41) is 9.09. The molecule has 82 valence electrons. The van der Waals surface area contributed by atoms with Crippen molar-refractivity contribution in [2.45, 2.75) is 25.7 Å². The molecule has 1 aromatic rings. The Kier molecular flexibility index (Phi) is 3.80. The van der Waals surface area contributed by atoms with Crippen LogP contribution in [0.15, 0.2) is 29.2 Å². The molecular formula is C12H16O2S. The van der Waals surface area contributed by atoms with E-state index in [-0.39, 0.29) is 16.9 Å². The number of ketones is 1. The summed E-state index contributed by atoms with van der Waals surface area (Å²) < 4.78 is 0. The second kappa shape index (κ2) is 4.71. The van der Waals surface area contributed by atoms with Crippen LogP contribution in [0, 0.1) is 5.41 Å². The summed E-state index contributed by atoms with van der Waals surface area (Å²) in [6.07, 6.45) is 0. The third-order valence-corrected chi connectivity index (χ3v) is 3.06. The Balaban J connectivity index is 2.51. The van der Waals surface area contributed by atoms with Crippen LogP contribution in [0.3, 0.4) is 0 Å². The Morgan fingerprint density at radius 2 is 1.80 bits per heavy atom.